The lowest BCUT2D eigenvalue weighted by Gasteiger charge is -2.39. The Labute approximate surface area is 97.4 Å². The van der Waals surface area contributed by atoms with Crippen molar-refractivity contribution in [1.29, 1.82) is 0 Å². The summed E-state index contributed by atoms with van der Waals surface area (Å²) in [7, 11) is 0. The second-order valence-electron chi connectivity index (χ2n) is 5.23. The molecule has 0 spiro atoms. The van der Waals surface area contributed by atoms with Gasteiger partial charge in [0.2, 0.25) is 0 Å². The van der Waals surface area contributed by atoms with Gasteiger partial charge < -0.3 is 10.6 Å². The lowest BCUT2D eigenvalue weighted by atomic mass is 9.80. The van der Waals surface area contributed by atoms with Crippen LogP contribution >= 0.6 is 0 Å². The minimum atomic E-state index is 0.350. The lowest BCUT2D eigenvalue weighted by Crippen LogP contribution is -2.53. The molecular formula is C12H22N4. The maximum absolute atomic E-state index is 4.20. The first-order chi connectivity index (χ1) is 7.68. The van der Waals surface area contributed by atoms with Gasteiger partial charge in [-0.3, -0.25) is 4.68 Å². The first-order valence-electron chi connectivity index (χ1n) is 6.10. The summed E-state index contributed by atoms with van der Waals surface area (Å²) >= 11 is 0. The Morgan fingerprint density at radius 1 is 1.56 bits per heavy atom. The van der Waals surface area contributed by atoms with Crippen LogP contribution in [0.25, 0.3) is 0 Å². The van der Waals surface area contributed by atoms with Crippen molar-refractivity contribution in [3.63, 3.8) is 0 Å². The van der Waals surface area contributed by atoms with E-state index in [0.717, 1.165) is 26.2 Å². The molecule has 0 saturated carbocycles. The fourth-order valence-corrected chi connectivity index (χ4v) is 2.34. The van der Waals surface area contributed by atoms with Crippen molar-refractivity contribution < 1.29 is 0 Å². The molecule has 1 fully saturated rings. The molecular weight excluding hydrogens is 200 g/mol. The van der Waals surface area contributed by atoms with Crippen molar-refractivity contribution in [2.75, 3.05) is 19.6 Å². The molecule has 0 amide bonds. The highest BCUT2D eigenvalue weighted by Crippen LogP contribution is 2.24. The SMILES string of the molecule is CC1(C)CNCCC1NCCn1cccn1. The van der Waals surface area contributed by atoms with Gasteiger partial charge in [-0.15, -0.1) is 0 Å². The minimum Gasteiger partial charge on any atom is -0.316 e. The van der Waals surface area contributed by atoms with E-state index in [-0.39, 0.29) is 0 Å². The Morgan fingerprint density at radius 3 is 3.12 bits per heavy atom. The van der Waals surface area contributed by atoms with Crippen molar-refractivity contribution in [2.45, 2.75) is 32.9 Å². The van der Waals surface area contributed by atoms with Gasteiger partial charge in [-0.1, -0.05) is 13.8 Å². The molecule has 4 heteroatoms. The highest BCUT2D eigenvalue weighted by molar-refractivity contribution is 4.90. The summed E-state index contributed by atoms with van der Waals surface area (Å²) in [5.74, 6) is 0. The van der Waals surface area contributed by atoms with Gasteiger partial charge >= 0.3 is 0 Å². The molecule has 0 bridgehead atoms. The topological polar surface area (TPSA) is 41.9 Å². The largest absolute Gasteiger partial charge is 0.316 e. The Kier molecular flexibility index (Phi) is 3.61. The fraction of sp³-hybridized carbons (Fsp3) is 0.750. The average molecular weight is 222 g/mol. The zero-order chi connectivity index (χ0) is 11.4. The second kappa shape index (κ2) is 4.97. The van der Waals surface area contributed by atoms with Crippen LogP contribution in [-0.2, 0) is 6.54 Å². The fourth-order valence-electron chi connectivity index (χ4n) is 2.34. The van der Waals surface area contributed by atoms with Crippen LogP contribution in [0.4, 0.5) is 0 Å². The van der Waals surface area contributed by atoms with Crippen LogP contribution in [0.5, 0.6) is 0 Å². The summed E-state index contributed by atoms with van der Waals surface area (Å²) in [4.78, 5) is 0. The van der Waals surface area contributed by atoms with Crippen LogP contribution in [0.1, 0.15) is 20.3 Å². The van der Waals surface area contributed by atoms with E-state index >= 15 is 0 Å². The Bertz CT molecular complexity index is 305. The van der Waals surface area contributed by atoms with Gasteiger partial charge in [0.05, 0.1) is 6.54 Å². The minimum absolute atomic E-state index is 0.350. The molecule has 1 aromatic heterocycles. The van der Waals surface area contributed by atoms with Crippen LogP contribution in [0.3, 0.4) is 0 Å². The molecule has 90 valence electrons. The van der Waals surface area contributed by atoms with Gasteiger partial charge in [0.1, 0.15) is 0 Å². The van der Waals surface area contributed by atoms with Gasteiger partial charge in [0.15, 0.2) is 0 Å². The first kappa shape index (κ1) is 11.6. The predicted molar refractivity (Wildman–Crippen MR) is 65.3 cm³/mol. The number of nitrogens with zero attached hydrogens (tertiary/aromatic N) is 2. The number of nitrogens with one attached hydrogen (secondary N) is 2. The number of rotatable bonds is 4. The third-order valence-corrected chi connectivity index (χ3v) is 3.42. The maximum atomic E-state index is 4.20. The summed E-state index contributed by atoms with van der Waals surface area (Å²) in [6, 6.07) is 2.58. The molecule has 1 saturated heterocycles. The van der Waals surface area contributed by atoms with Crippen LogP contribution < -0.4 is 10.6 Å². The highest BCUT2D eigenvalue weighted by atomic mass is 15.3. The summed E-state index contributed by atoms with van der Waals surface area (Å²) in [6.45, 7) is 8.83. The van der Waals surface area contributed by atoms with Crippen LogP contribution in [0.2, 0.25) is 0 Å². The molecule has 16 heavy (non-hydrogen) atoms. The van der Waals surface area contributed by atoms with Crippen molar-refractivity contribution in [1.82, 2.24) is 20.4 Å². The van der Waals surface area contributed by atoms with Crippen molar-refractivity contribution in [3.05, 3.63) is 18.5 Å². The van der Waals surface area contributed by atoms with E-state index in [0.29, 0.717) is 11.5 Å². The average Bonchev–Trinajstić information content (AvgIpc) is 2.73. The summed E-state index contributed by atoms with van der Waals surface area (Å²) in [5, 5.41) is 11.3. The summed E-state index contributed by atoms with van der Waals surface area (Å²) in [5.41, 5.74) is 0.350. The number of hydrogen-bond acceptors (Lipinski definition) is 3. The molecule has 0 radical (unpaired) electrons. The van der Waals surface area contributed by atoms with E-state index in [1.807, 2.05) is 23.1 Å². The molecule has 1 aliphatic rings. The second-order valence-corrected chi connectivity index (χ2v) is 5.23. The van der Waals surface area contributed by atoms with Crippen molar-refractivity contribution >= 4 is 0 Å². The van der Waals surface area contributed by atoms with E-state index < -0.39 is 0 Å². The van der Waals surface area contributed by atoms with Crippen LogP contribution in [-0.4, -0.2) is 35.5 Å². The van der Waals surface area contributed by atoms with Gasteiger partial charge in [-0.05, 0) is 24.4 Å². The maximum Gasteiger partial charge on any atom is 0.0534 e. The summed E-state index contributed by atoms with van der Waals surface area (Å²) < 4.78 is 1.97. The van der Waals surface area contributed by atoms with E-state index in [4.69, 9.17) is 0 Å². The van der Waals surface area contributed by atoms with Gasteiger partial charge in [0, 0.05) is 31.5 Å². The van der Waals surface area contributed by atoms with Crippen molar-refractivity contribution in [2.24, 2.45) is 5.41 Å². The Balaban J connectivity index is 1.76. The molecule has 1 aliphatic heterocycles. The Morgan fingerprint density at radius 2 is 2.44 bits per heavy atom. The third kappa shape index (κ3) is 2.83. The third-order valence-electron chi connectivity index (χ3n) is 3.42. The van der Waals surface area contributed by atoms with E-state index in [2.05, 4.69) is 29.6 Å². The van der Waals surface area contributed by atoms with Crippen LogP contribution in [0.15, 0.2) is 18.5 Å². The van der Waals surface area contributed by atoms with Crippen molar-refractivity contribution in [3.8, 4) is 0 Å². The van der Waals surface area contributed by atoms with E-state index in [9.17, 15) is 0 Å². The number of aromatic nitrogens is 2. The standard InChI is InChI=1S/C12H22N4/c1-12(2)10-13-6-4-11(12)14-7-9-16-8-3-5-15-16/h3,5,8,11,13-14H,4,6-7,9-10H2,1-2H3. The molecule has 0 aromatic carbocycles. The Hall–Kier alpha value is -0.870. The van der Waals surface area contributed by atoms with E-state index in [1.165, 1.54) is 6.42 Å². The molecule has 1 atom stereocenters. The normalized spacial score (nSPS) is 24.5. The monoisotopic (exact) mass is 222 g/mol. The lowest BCUT2D eigenvalue weighted by molar-refractivity contribution is 0.184. The predicted octanol–water partition coefficient (Wildman–Crippen LogP) is 0.861. The molecule has 4 nitrogen and oxygen atoms in total. The van der Waals surface area contributed by atoms with Gasteiger partial charge in [-0.2, -0.15) is 5.10 Å². The quantitative estimate of drug-likeness (QED) is 0.794. The highest BCUT2D eigenvalue weighted by Gasteiger charge is 2.31. The molecule has 1 aromatic rings. The molecule has 2 N–H and O–H groups in total. The molecule has 0 aliphatic carbocycles. The molecule has 2 heterocycles. The van der Waals surface area contributed by atoms with Gasteiger partial charge in [0.25, 0.3) is 0 Å². The van der Waals surface area contributed by atoms with Crippen LogP contribution in [0, 0.1) is 5.41 Å². The zero-order valence-electron chi connectivity index (χ0n) is 10.2. The first-order valence-corrected chi connectivity index (χ1v) is 6.10. The number of hydrogen-bond donors (Lipinski definition) is 2. The molecule has 1 unspecified atom stereocenters. The molecule has 2 rings (SSSR count). The van der Waals surface area contributed by atoms with E-state index in [1.54, 1.807) is 0 Å². The number of piperidine rings is 1. The zero-order valence-corrected chi connectivity index (χ0v) is 10.2. The van der Waals surface area contributed by atoms with Gasteiger partial charge in [-0.25, -0.2) is 0 Å². The summed E-state index contributed by atoms with van der Waals surface area (Å²) in [6.07, 6.45) is 5.05. The smallest absolute Gasteiger partial charge is 0.0534 e.